The van der Waals surface area contributed by atoms with Crippen LogP contribution in [0, 0.1) is 0 Å². The van der Waals surface area contributed by atoms with E-state index in [1.807, 2.05) is 29.2 Å². The van der Waals surface area contributed by atoms with Gasteiger partial charge in [0.2, 0.25) is 0 Å². The van der Waals surface area contributed by atoms with Gasteiger partial charge in [0.05, 0.1) is 6.61 Å². The van der Waals surface area contributed by atoms with E-state index in [-0.39, 0.29) is 5.91 Å². The van der Waals surface area contributed by atoms with E-state index in [1.165, 1.54) is 5.56 Å². The van der Waals surface area contributed by atoms with Gasteiger partial charge in [-0.15, -0.1) is 0 Å². The van der Waals surface area contributed by atoms with Gasteiger partial charge in [0.25, 0.3) is 5.91 Å². The van der Waals surface area contributed by atoms with Crippen molar-refractivity contribution in [2.75, 3.05) is 18.1 Å². The van der Waals surface area contributed by atoms with Crippen LogP contribution in [0.25, 0.3) is 0 Å². The number of hydrogen-bond donors (Lipinski definition) is 0. The zero-order chi connectivity index (χ0) is 12.4. The Kier molecular flexibility index (Phi) is 3.05. The maximum atomic E-state index is 12.4. The fourth-order valence-electron chi connectivity index (χ4n) is 2.58. The van der Waals surface area contributed by atoms with Crippen molar-refractivity contribution in [3.8, 4) is 0 Å². The zero-order valence-corrected chi connectivity index (χ0v) is 10.4. The number of ether oxygens (including phenoxy) is 1. The molecule has 0 aromatic heterocycles. The fraction of sp³-hybridized carbons (Fsp3) is 0.400. The molecule has 0 N–H and O–H groups in total. The van der Waals surface area contributed by atoms with Gasteiger partial charge in [-0.25, -0.2) is 0 Å². The van der Waals surface area contributed by atoms with Gasteiger partial charge in [0.1, 0.15) is 0 Å². The average Bonchev–Trinajstić information content (AvgIpc) is 2.47. The molecule has 0 spiro atoms. The molecule has 0 fully saturated rings. The first-order valence-corrected chi connectivity index (χ1v) is 6.59. The van der Waals surface area contributed by atoms with Gasteiger partial charge >= 0.3 is 0 Å². The van der Waals surface area contributed by atoms with Crippen LogP contribution in [0.2, 0.25) is 0 Å². The smallest absolute Gasteiger partial charge is 0.292 e. The van der Waals surface area contributed by atoms with Crippen molar-refractivity contribution in [1.29, 1.82) is 0 Å². The van der Waals surface area contributed by atoms with Crippen molar-refractivity contribution < 1.29 is 9.53 Å². The monoisotopic (exact) mass is 243 g/mol. The first-order valence-electron chi connectivity index (χ1n) is 6.59. The standard InChI is InChI=1S/C15H17NO2/c17-15(14-9-3-4-11-18-14)16-10-5-7-12-6-1-2-8-13(12)16/h1-2,6,8-9H,3-5,7,10-11H2. The number of carbonyl (C=O) groups is 1. The number of carbonyl (C=O) groups excluding carboxylic acids is 1. The Morgan fingerprint density at radius 3 is 2.94 bits per heavy atom. The van der Waals surface area contributed by atoms with Crippen molar-refractivity contribution in [2.45, 2.75) is 25.7 Å². The minimum atomic E-state index is 0.0156. The zero-order valence-electron chi connectivity index (χ0n) is 10.4. The molecule has 0 aliphatic carbocycles. The van der Waals surface area contributed by atoms with E-state index in [9.17, 15) is 4.79 Å². The van der Waals surface area contributed by atoms with Gasteiger partial charge in [-0.2, -0.15) is 0 Å². The van der Waals surface area contributed by atoms with Crippen LogP contribution in [0.1, 0.15) is 24.8 Å². The maximum absolute atomic E-state index is 12.4. The van der Waals surface area contributed by atoms with Crippen molar-refractivity contribution >= 4 is 11.6 Å². The quantitative estimate of drug-likeness (QED) is 0.759. The van der Waals surface area contributed by atoms with E-state index < -0.39 is 0 Å². The van der Waals surface area contributed by atoms with Crippen molar-refractivity contribution in [1.82, 2.24) is 0 Å². The number of aryl methyl sites for hydroxylation is 1. The summed E-state index contributed by atoms with van der Waals surface area (Å²) in [6.45, 7) is 1.45. The first-order chi connectivity index (χ1) is 8.86. The lowest BCUT2D eigenvalue weighted by atomic mass is 10.0. The minimum Gasteiger partial charge on any atom is -0.488 e. The van der Waals surface area contributed by atoms with E-state index in [0.717, 1.165) is 37.9 Å². The highest BCUT2D eigenvalue weighted by molar-refractivity contribution is 6.05. The van der Waals surface area contributed by atoms with Crippen LogP contribution in [-0.2, 0) is 16.0 Å². The highest BCUT2D eigenvalue weighted by Crippen LogP contribution is 2.28. The Labute approximate surface area is 107 Å². The lowest BCUT2D eigenvalue weighted by molar-refractivity contribution is -0.118. The Morgan fingerprint density at radius 2 is 2.11 bits per heavy atom. The average molecular weight is 243 g/mol. The van der Waals surface area contributed by atoms with Gasteiger partial charge in [0, 0.05) is 12.2 Å². The normalized spacial score (nSPS) is 18.7. The summed E-state index contributed by atoms with van der Waals surface area (Å²) in [5.41, 5.74) is 2.30. The Balaban J connectivity index is 1.89. The topological polar surface area (TPSA) is 29.5 Å². The molecule has 0 saturated carbocycles. The van der Waals surface area contributed by atoms with Gasteiger partial charge in [-0.05, 0) is 43.4 Å². The summed E-state index contributed by atoms with van der Waals surface area (Å²) in [5.74, 6) is 0.541. The number of amides is 1. The second-order valence-corrected chi connectivity index (χ2v) is 4.75. The molecular formula is C15H17NO2. The molecule has 0 bridgehead atoms. The Hall–Kier alpha value is -1.77. The highest BCUT2D eigenvalue weighted by atomic mass is 16.5. The van der Waals surface area contributed by atoms with Gasteiger partial charge in [-0.1, -0.05) is 18.2 Å². The molecule has 1 aromatic carbocycles. The molecule has 2 aliphatic heterocycles. The van der Waals surface area contributed by atoms with Crippen LogP contribution in [-0.4, -0.2) is 19.1 Å². The summed E-state index contributed by atoms with van der Waals surface area (Å²) >= 11 is 0. The van der Waals surface area contributed by atoms with Crippen LogP contribution in [0.3, 0.4) is 0 Å². The molecule has 0 unspecified atom stereocenters. The second-order valence-electron chi connectivity index (χ2n) is 4.75. The lowest BCUT2D eigenvalue weighted by Crippen LogP contribution is -2.37. The van der Waals surface area contributed by atoms with Crippen LogP contribution in [0.15, 0.2) is 36.1 Å². The van der Waals surface area contributed by atoms with Gasteiger partial charge in [0.15, 0.2) is 5.76 Å². The van der Waals surface area contributed by atoms with Crippen molar-refractivity contribution in [3.05, 3.63) is 41.7 Å². The maximum Gasteiger partial charge on any atom is 0.292 e. The number of allylic oxidation sites excluding steroid dienone is 1. The van der Waals surface area contributed by atoms with Crippen LogP contribution < -0.4 is 4.90 Å². The number of rotatable bonds is 1. The molecule has 0 saturated heterocycles. The molecule has 1 aromatic rings. The fourth-order valence-corrected chi connectivity index (χ4v) is 2.58. The predicted molar refractivity (Wildman–Crippen MR) is 70.4 cm³/mol. The largest absolute Gasteiger partial charge is 0.488 e. The van der Waals surface area contributed by atoms with Gasteiger partial charge in [-0.3, -0.25) is 4.79 Å². The molecule has 18 heavy (non-hydrogen) atoms. The van der Waals surface area contributed by atoms with Crippen LogP contribution in [0.5, 0.6) is 0 Å². The minimum absolute atomic E-state index is 0.0156. The van der Waals surface area contributed by atoms with Crippen LogP contribution >= 0.6 is 0 Å². The summed E-state index contributed by atoms with van der Waals surface area (Å²) in [6.07, 6.45) is 5.95. The summed E-state index contributed by atoms with van der Waals surface area (Å²) in [7, 11) is 0. The van der Waals surface area contributed by atoms with E-state index in [2.05, 4.69) is 6.07 Å². The number of benzene rings is 1. The summed E-state index contributed by atoms with van der Waals surface area (Å²) in [5, 5.41) is 0. The predicted octanol–water partition coefficient (Wildman–Crippen LogP) is 2.66. The molecule has 3 nitrogen and oxygen atoms in total. The number of para-hydroxylation sites is 1. The molecule has 3 heteroatoms. The lowest BCUT2D eigenvalue weighted by Gasteiger charge is -2.30. The molecule has 1 amide bonds. The third-order valence-corrected chi connectivity index (χ3v) is 3.50. The molecule has 0 radical (unpaired) electrons. The Morgan fingerprint density at radius 1 is 1.22 bits per heavy atom. The third kappa shape index (κ3) is 2.01. The van der Waals surface area contributed by atoms with Gasteiger partial charge < -0.3 is 9.64 Å². The summed E-state index contributed by atoms with van der Waals surface area (Å²) in [4.78, 5) is 14.3. The van der Waals surface area contributed by atoms with Crippen molar-refractivity contribution in [2.24, 2.45) is 0 Å². The third-order valence-electron chi connectivity index (χ3n) is 3.50. The number of anilines is 1. The second kappa shape index (κ2) is 4.84. The number of nitrogens with zero attached hydrogens (tertiary/aromatic N) is 1. The summed E-state index contributed by atoms with van der Waals surface area (Å²) < 4.78 is 5.48. The Bertz CT molecular complexity index is 493. The first kappa shape index (κ1) is 11.3. The number of fused-ring (bicyclic) bond motifs is 1. The molecule has 0 atom stereocenters. The molecule has 3 rings (SSSR count). The SMILES string of the molecule is O=C(C1=CCCCO1)N1CCCc2ccccc21. The molecule has 94 valence electrons. The highest BCUT2D eigenvalue weighted by Gasteiger charge is 2.26. The van der Waals surface area contributed by atoms with E-state index >= 15 is 0 Å². The van der Waals surface area contributed by atoms with Crippen molar-refractivity contribution in [3.63, 3.8) is 0 Å². The number of hydrogen-bond acceptors (Lipinski definition) is 2. The van der Waals surface area contributed by atoms with E-state index in [1.54, 1.807) is 0 Å². The molecular weight excluding hydrogens is 226 g/mol. The van der Waals surface area contributed by atoms with Crippen LogP contribution in [0.4, 0.5) is 5.69 Å². The van der Waals surface area contributed by atoms with E-state index in [0.29, 0.717) is 12.4 Å². The molecule has 2 heterocycles. The van der Waals surface area contributed by atoms with E-state index in [4.69, 9.17) is 4.74 Å². The summed E-state index contributed by atoms with van der Waals surface area (Å²) in [6, 6.07) is 8.14. The molecule has 2 aliphatic rings.